The summed E-state index contributed by atoms with van der Waals surface area (Å²) >= 11 is 0. The number of rotatable bonds is 5. The van der Waals surface area contributed by atoms with E-state index < -0.39 is 17.7 Å². The molecule has 74 valence electrons. The summed E-state index contributed by atoms with van der Waals surface area (Å²) in [7, 11) is 0. The van der Waals surface area contributed by atoms with Crippen LogP contribution in [0.15, 0.2) is 0 Å². The molecule has 0 radical (unpaired) electrons. The largest absolute Gasteiger partial charge is 0.475 e. The van der Waals surface area contributed by atoms with Crippen molar-refractivity contribution in [3.05, 3.63) is 0 Å². The van der Waals surface area contributed by atoms with Crippen molar-refractivity contribution < 1.29 is 24.2 Å². The van der Waals surface area contributed by atoms with Crippen LogP contribution in [-0.4, -0.2) is 28.9 Å². The maximum Gasteiger partial charge on any atom is 0.387 e. The maximum absolute atomic E-state index is 10.8. The molecule has 0 aliphatic rings. The first-order valence-corrected chi connectivity index (χ1v) is 4.01. The van der Waals surface area contributed by atoms with Gasteiger partial charge in [0.2, 0.25) is 0 Å². The number of carboxylic acid groups (broad SMARTS) is 1. The van der Waals surface area contributed by atoms with E-state index in [1.165, 1.54) is 0 Å². The van der Waals surface area contributed by atoms with Crippen molar-refractivity contribution in [3.63, 3.8) is 0 Å². The summed E-state index contributed by atoms with van der Waals surface area (Å²) in [6.45, 7) is 3.57. The summed E-state index contributed by atoms with van der Waals surface area (Å²) in [6, 6.07) is 0. The minimum Gasteiger partial charge on any atom is -0.475 e. The fraction of sp³-hybridized carbons (Fsp3) is 0.625. The van der Waals surface area contributed by atoms with Crippen molar-refractivity contribution in [2.45, 2.75) is 32.8 Å². The lowest BCUT2D eigenvalue weighted by atomic mass is 10.2. The van der Waals surface area contributed by atoms with Gasteiger partial charge in [-0.2, -0.15) is 0 Å². The Balaban J connectivity index is 4.14. The van der Waals surface area contributed by atoms with Gasteiger partial charge < -0.3 is 9.84 Å². The molecule has 0 amide bonds. The number of ketones is 1. The SMILES string of the molecule is CCC(CC)OC(=O)C(=O)C(=O)O. The zero-order valence-electron chi connectivity index (χ0n) is 7.57. The van der Waals surface area contributed by atoms with E-state index in [1.807, 2.05) is 0 Å². The van der Waals surface area contributed by atoms with E-state index in [9.17, 15) is 14.4 Å². The summed E-state index contributed by atoms with van der Waals surface area (Å²) in [4.78, 5) is 31.3. The van der Waals surface area contributed by atoms with Gasteiger partial charge in [-0.1, -0.05) is 13.8 Å². The van der Waals surface area contributed by atoms with Gasteiger partial charge in [-0.3, -0.25) is 4.79 Å². The quantitative estimate of drug-likeness (QED) is 0.383. The molecule has 0 bridgehead atoms. The molecular weight excluding hydrogens is 176 g/mol. The van der Waals surface area contributed by atoms with E-state index >= 15 is 0 Å². The predicted octanol–water partition coefficient (Wildman–Crippen LogP) is 0.372. The lowest BCUT2D eigenvalue weighted by molar-refractivity contribution is -0.164. The van der Waals surface area contributed by atoms with Gasteiger partial charge in [-0.25, -0.2) is 9.59 Å². The van der Waals surface area contributed by atoms with E-state index in [1.54, 1.807) is 13.8 Å². The smallest absolute Gasteiger partial charge is 0.387 e. The Morgan fingerprint density at radius 3 is 2.00 bits per heavy atom. The van der Waals surface area contributed by atoms with Crippen molar-refractivity contribution in [2.24, 2.45) is 0 Å². The van der Waals surface area contributed by atoms with Crippen LogP contribution in [0.25, 0.3) is 0 Å². The highest BCUT2D eigenvalue weighted by Gasteiger charge is 2.25. The topological polar surface area (TPSA) is 80.7 Å². The minimum absolute atomic E-state index is 0.379. The average Bonchev–Trinajstić information content (AvgIpc) is 2.12. The van der Waals surface area contributed by atoms with Crippen molar-refractivity contribution >= 4 is 17.7 Å². The van der Waals surface area contributed by atoms with E-state index in [0.29, 0.717) is 12.8 Å². The fourth-order valence-corrected chi connectivity index (χ4v) is 0.748. The molecule has 0 aromatic rings. The molecule has 0 spiro atoms. The molecule has 5 heteroatoms. The first kappa shape index (κ1) is 11.6. The van der Waals surface area contributed by atoms with Crippen LogP contribution >= 0.6 is 0 Å². The number of esters is 1. The van der Waals surface area contributed by atoms with Crippen LogP contribution in [0, 0.1) is 0 Å². The fourth-order valence-electron chi connectivity index (χ4n) is 0.748. The third kappa shape index (κ3) is 3.68. The molecule has 13 heavy (non-hydrogen) atoms. The average molecular weight is 188 g/mol. The molecule has 0 aliphatic carbocycles. The number of hydrogen-bond acceptors (Lipinski definition) is 4. The van der Waals surface area contributed by atoms with E-state index in [4.69, 9.17) is 5.11 Å². The molecule has 0 aliphatic heterocycles. The second-order valence-corrected chi connectivity index (χ2v) is 2.48. The van der Waals surface area contributed by atoms with Crippen molar-refractivity contribution in [1.82, 2.24) is 0 Å². The first-order valence-electron chi connectivity index (χ1n) is 4.01. The van der Waals surface area contributed by atoms with Gasteiger partial charge in [0.15, 0.2) is 0 Å². The Kier molecular flexibility index (Phi) is 4.72. The number of Topliss-reactive ketones (excluding diaryl/α,β-unsaturated/α-hetero) is 1. The van der Waals surface area contributed by atoms with Crippen LogP contribution in [0.4, 0.5) is 0 Å². The normalized spacial score (nSPS) is 9.77. The van der Waals surface area contributed by atoms with Gasteiger partial charge in [-0.05, 0) is 12.8 Å². The highest BCUT2D eigenvalue weighted by Crippen LogP contribution is 2.03. The highest BCUT2D eigenvalue weighted by molar-refractivity contribution is 6.59. The van der Waals surface area contributed by atoms with Crippen LogP contribution in [-0.2, 0) is 19.1 Å². The van der Waals surface area contributed by atoms with Crippen molar-refractivity contribution in [1.29, 1.82) is 0 Å². The molecule has 0 saturated heterocycles. The summed E-state index contributed by atoms with van der Waals surface area (Å²) in [5.41, 5.74) is 0. The van der Waals surface area contributed by atoms with E-state index in [2.05, 4.69) is 4.74 Å². The number of carbonyl (C=O) groups excluding carboxylic acids is 2. The summed E-state index contributed by atoms with van der Waals surface area (Å²) in [5.74, 6) is -4.59. The van der Waals surface area contributed by atoms with Crippen LogP contribution in [0.3, 0.4) is 0 Å². The number of aliphatic carboxylic acids is 1. The Bertz CT molecular complexity index is 217. The van der Waals surface area contributed by atoms with Crippen LogP contribution < -0.4 is 0 Å². The zero-order valence-corrected chi connectivity index (χ0v) is 7.57. The van der Waals surface area contributed by atoms with Crippen molar-refractivity contribution in [2.75, 3.05) is 0 Å². The molecule has 0 rings (SSSR count). The zero-order chi connectivity index (χ0) is 10.4. The molecule has 1 N–H and O–H groups in total. The van der Waals surface area contributed by atoms with Gasteiger partial charge in [0.1, 0.15) is 6.10 Å². The Hall–Kier alpha value is -1.39. The highest BCUT2D eigenvalue weighted by atomic mass is 16.6. The van der Waals surface area contributed by atoms with Gasteiger partial charge in [0.25, 0.3) is 0 Å². The van der Waals surface area contributed by atoms with Gasteiger partial charge in [0, 0.05) is 0 Å². The lowest BCUT2D eigenvalue weighted by Gasteiger charge is -2.11. The predicted molar refractivity (Wildman–Crippen MR) is 43.1 cm³/mol. The van der Waals surface area contributed by atoms with Gasteiger partial charge in [-0.15, -0.1) is 0 Å². The third-order valence-corrected chi connectivity index (χ3v) is 1.56. The van der Waals surface area contributed by atoms with Crippen LogP contribution in [0.5, 0.6) is 0 Å². The summed E-state index contributed by atoms with van der Waals surface area (Å²) in [6.07, 6.45) is 0.750. The second-order valence-electron chi connectivity index (χ2n) is 2.48. The Morgan fingerprint density at radius 1 is 1.23 bits per heavy atom. The minimum atomic E-state index is -1.78. The Morgan fingerprint density at radius 2 is 1.69 bits per heavy atom. The number of hydrogen-bond donors (Lipinski definition) is 1. The van der Waals surface area contributed by atoms with E-state index in [-0.39, 0.29) is 6.10 Å². The van der Waals surface area contributed by atoms with Gasteiger partial charge >= 0.3 is 17.7 Å². The molecule has 0 saturated carbocycles. The monoisotopic (exact) mass is 188 g/mol. The van der Waals surface area contributed by atoms with Gasteiger partial charge in [0.05, 0.1) is 0 Å². The molecule has 0 heterocycles. The van der Waals surface area contributed by atoms with Crippen LogP contribution in [0.1, 0.15) is 26.7 Å². The summed E-state index contributed by atoms with van der Waals surface area (Å²) in [5, 5.41) is 8.16. The number of carbonyl (C=O) groups is 3. The summed E-state index contributed by atoms with van der Waals surface area (Å²) < 4.78 is 4.60. The first-order chi connectivity index (χ1) is 6.02. The Labute approximate surface area is 75.7 Å². The third-order valence-electron chi connectivity index (χ3n) is 1.56. The molecule has 0 aromatic carbocycles. The molecule has 0 atom stereocenters. The standard InChI is InChI=1S/C8H12O5/c1-3-5(4-2)13-8(12)6(9)7(10)11/h5H,3-4H2,1-2H3,(H,10,11). The van der Waals surface area contributed by atoms with E-state index in [0.717, 1.165) is 0 Å². The molecule has 0 unspecified atom stereocenters. The second kappa shape index (κ2) is 5.29. The maximum atomic E-state index is 10.8. The molecular formula is C8H12O5. The van der Waals surface area contributed by atoms with Crippen LogP contribution in [0.2, 0.25) is 0 Å². The number of ether oxygens (including phenoxy) is 1. The lowest BCUT2D eigenvalue weighted by Crippen LogP contribution is -2.29. The number of carboxylic acids is 1. The van der Waals surface area contributed by atoms with Crippen molar-refractivity contribution in [3.8, 4) is 0 Å². The molecule has 5 nitrogen and oxygen atoms in total. The molecule has 0 aromatic heterocycles. The molecule has 0 fully saturated rings.